The van der Waals surface area contributed by atoms with Gasteiger partial charge >= 0.3 is 11.9 Å². The van der Waals surface area contributed by atoms with Crippen molar-refractivity contribution in [2.75, 3.05) is 20.0 Å². The lowest BCUT2D eigenvalue weighted by molar-refractivity contribution is -0.139. The number of aromatic nitrogens is 1. The standard InChI is InChI=1S/C31H28N2O6S2/c1-6-38-30(36)26-18(3)32-31-33(27(26)19-7-11-22(40-5)12-8-19)28(34)25(41-31)16-21-10-14-24(39-21)23-13-9-20(15-17(23)2)29(35)37-4/h7-16,27H,6H2,1-5H3/b25-16+/t27-/m1/s1. The molecule has 2 aromatic heterocycles. The van der Waals surface area contributed by atoms with Crippen molar-refractivity contribution >= 4 is 41.1 Å². The second-order valence-corrected chi connectivity index (χ2v) is 11.2. The Bertz CT molecular complexity index is 1860. The van der Waals surface area contributed by atoms with Gasteiger partial charge in [-0.2, -0.15) is 0 Å². The smallest absolute Gasteiger partial charge is 0.338 e. The molecule has 1 aliphatic rings. The Kier molecular flexibility index (Phi) is 8.14. The zero-order chi connectivity index (χ0) is 29.3. The van der Waals surface area contributed by atoms with Crippen LogP contribution in [0.25, 0.3) is 17.4 Å². The number of ether oxygens (including phenoxy) is 2. The summed E-state index contributed by atoms with van der Waals surface area (Å²) in [4.78, 5) is 45.0. The van der Waals surface area contributed by atoms with Gasteiger partial charge in [0.25, 0.3) is 5.56 Å². The molecule has 41 heavy (non-hydrogen) atoms. The van der Waals surface area contributed by atoms with Crippen molar-refractivity contribution in [3.63, 3.8) is 0 Å². The molecule has 1 atom stereocenters. The third-order valence-electron chi connectivity index (χ3n) is 6.76. The van der Waals surface area contributed by atoms with Crippen molar-refractivity contribution in [1.82, 2.24) is 4.57 Å². The normalized spacial score (nSPS) is 15.0. The Hall–Kier alpha value is -4.15. The second-order valence-electron chi connectivity index (χ2n) is 9.30. The molecule has 210 valence electrons. The number of hydrogen-bond acceptors (Lipinski definition) is 9. The number of nitrogens with zero attached hydrogens (tertiary/aromatic N) is 2. The van der Waals surface area contributed by atoms with Gasteiger partial charge in [-0.05, 0) is 74.6 Å². The molecule has 8 nitrogen and oxygen atoms in total. The van der Waals surface area contributed by atoms with E-state index in [9.17, 15) is 14.4 Å². The molecule has 0 radical (unpaired) electrons. The highest BCUT2D eigenvalue weighted by Crippen LogP contribution is 2.32. The third-order valence-corrected chi connectivity index (χ3v) is 8.49. The fraction of sp³-hybridized carbons (Fsp3) is 0.226. The molecule has 10 heteroatoms. The van der Waals surface area contributed by atoms with E-state index in [4.69, 9.17) is 13.9 Å². The van der Waals surface area contributed by atoms with E-state index in [2.05, 4.69) is 4.99 Å². The van der Waals surface area contributed by atoms with E-state index in [1.165, 1.54) is 18.4 Å². The molecule has 0 aliphatic carbocycles. The van der Waals surface area contributed by atoms with E-state index in [0.717, 1.165) is 21.6 Å². The molecule has 4 aromatic rings. The fourth-order valence-corrected chi connectivity index (χ4v) is 6.22. The van der Waals surface area contributed by atoms with Gasteiger partial charge in [0, 0.05) is 16.5 Å². The van der Waals surface area contributed by atoms with Crippen molar-refractivity contribution in [3.8, 4) is 11.3 Å². The van der Waals surface area contributed by atoms with Crippen molar-refractivity contribution in [2.24, 2.45) is 4.99 Å². The van der Waals surface area contributed by atoms with Gasteiger partial charge in [0.15, 0.2) is 4.80 Å². The van der Waals surface area contributed by atoms with Crippen LogP contribution >= 0.6 is 23.1 Å². The summed E-state index contributed by atoms with van der Waals surface area (Å²) >= 11 is 2.85. The first kappa shape index (κ1) is 28.4. The maximum Gasteiger partial charge on any atom is 0.338 e. The summed E-state index contributed by atoms with van der Waals surface area (Å²) in [6.07, 6.45) is 3.67. The first-order valence-electron chi connectivity index (χ1n) is 12.9. The number of methoxy groups -OCH3 is 1. The van der Waals surface area contributed by atoms with Crippen LogP contribution in [0.3, 0.4) is 0 Å². The maximum absolute atomic E-state index is 13.8. The molecule has 0 saturated heterocycles. The van der Waals surface area contributed by atoms with Gasteiger partial charge in [0.05, 0.1) is 41.1 Å². The molecular weight excluding hydrogens is 560 g/mol. The van der Waals surface area contributed by atoms with E-state index in [0.29, 0.717) is 37.7 Å². The summed E-state index contributed by atoms with van der Waals surface area (Å²) in [6, 6.07) is 16.0. The predicted octanol–water partition coefficient (Wildman–Crippen LogP) is 4.88. The van der Waals surface area contributed by atoms with Crippen molar-refractivity contribution < 1.29 is 23.5 Å². The number of furan rings is 1. The van der Waals surface area contributed by atoms with Crippen molar-refractivity contribution in [2.45, 2.75) is 31.7 Å². The minimum Gasteiger partial charge on any atom is -0.465 e. The molecule has 0 fully saturated rings. The average Bonchev–Trinajstić information content (AvgIpc) is 3.55. The summed E-state index contributed by atoms with van der Waals surface area (Å²) in [7, 11) is 1.34. The Morgan fingerprint density at radius 1 is 1.10 bits per heavy atom. The number of allylic oxidation sites excluding steroid dienone is 1. The van der Waals surface area contributed by atoms with E-state index in [1.54, 1.807) is 60.5 Å². The molecule has 0 N–H and O–H groups in total. The fourth-order valence-electron chi connectivity index (χ4n) is 4.78. The summed E-state index contributed by atoms with van der Waals surface area (Å²) < 4.78 is 18.2. The highest BCUT2D eigenvalue weighted by Gasteiger charge is 2.33. The number of thiazole rings is 1. The highest BCUT2D eigenvalue weighted by molar-refractivity contribution is 7.98. The highest BCUT2D eigenvalue weighted by atomic mass is 32.2. The number of rotatable bonds is 7. The lowest BCUT2D eigenvalue weighted by atomic mass is 9.96. The molecule has 1 aliphatic heterocycles. The lowest BCUT2D eigenvalue weighted by Gasteiger charge is -2.24. The Labute approximate surface area is 244 Å². The minimum atomic E-state index is -0.675. The number of esters is 2. The molecule has 0 unspecified atom stereocenters. The summed E-state index contributed by atoms with van der Waals surface area (Å²) in [5.41, 5.74) is 3.49. The number of thioether (sulfide) groups is 1. The molecule has 0 saturated carbocycles. The van der Waals surface area contributed by atoms with E-state index >= 15 is 0 Å². The van der Waals surface area contributed by atoms with Crippen LogP contribution in [0.15, 0.2) is 85.0 Å². The zero-order valence-corrected chi connectivity index (χ0v) is 24.9. The largest absolute Gasteiger partial charge is 0.465 e. The Morgan fingerprint density at radius 2 is 1.85 bits per heavy atom. The molecule has 5 rings (SSSR count). The van der Waals surface area contributed by atoms with Crippen LogP contribution in [0, 0.1) is 6.92 Å². The van der Waals surface area contributed by atoms with Crippen LogP contribution in [-0.2, 0) is 14.3 Å². The van der Waals surface area contributed by atoms with Gasteiger partial charge < -0.3 is 13.9 Å². The van der Waals surface area contributed by atoms with Gasteiger partial charge in [0.2, 0.25) is 0 Å². The summed E-state index contributed by atoms with van der Waals surface area (Å²) in [6.45, 7) is 5.61. The van der Waals surface area contributed by atoms with Crippen LogP contribution in [-0.4, -0.2) is 36.5 Å². The average molecular weight is 589 g/mol. The third kappa shape index (κ3) is 5.45. The number of aryl methyl sites for hydroxylation is 1. The monoisotopic (exact) mass is 588 g/mol. The number of carbonyl (C=O) groups excluding carboxylic acids is 2. The van der Waals surface area contributed by atoms with Crippen LogP contribution in [0.5, 0.6) is 0 Å². The predicted molar refractivity (Wildman–Crippen MR) is 159 cm³/mol. The Morgan fingerprint density at radius 3 is 2.51 bits per heavy atom. The SMILES string of the molecule is CCOC(=O)C1=C(C)N=c2s/c(=C/c3ccc(-c4ccc(C(=O)OC)cc4C)o3)c(=O)n2[C@@H]1c1ccc(SC)cc1. The lowest BCUT2D eigenvalue weighted by Crippen LogP contribution is -2.39. The van der Waals surface area contributed by atoms with Gasteiger partial charge in [0.1, 0.15) is 11.5 Å². The van der Waals surface area contributed by atoms with E-state index in [1.807, 2.05) is 43.5 Å². The van der Waals surface area contributed by atoms with Crippen LogP contribution in [0.1, 0.15) is 47.1 Å². The van der Waals surface area contributed by atoms with Gasteiger partial charge in [-0.3, -0.25) is 9.36 Å². The van der Waals surface area contributed by atoms with E-state index in [-0.39, 0.29) is 12.2 Å². The topological polar surface area (TPSA) is 100 Å². The number of carbonyl (C=O) groups is 2. The Balaban J connectivity index is 1.58. The van der Waals surface area contributed by atoms with Crippen molar-refractivity contribution in [3.05, 3.63) is 108 Å². The number of hydrogen-bond donors (Lipinski definition) is 0. The summed E-state index contributed by atoms with van der Waals surface area (Å²) in [5, 5.41) is 0. The molecular formula is C31H28N2O6S2. The maximum atomic E-state index is 13.8. The minimum absolute atomic E-state index is 0.212. The second kappa shape index (κ2) is 11.8. The first-order valence-corrected chi connectivity index (χ1v) is 14.9. The number of benzene rings is 2. The summed E-state index contributed by atoms with van der Waals surface area (Å²) in [5.74, 6) is 0.190. The zero-order valence-electron chi connectivity index (χ0n) is 23.2. The van der Waals surface area contributed by atoms with Crippen molar-refractivity contribution in [1.29, 1.82) is 0 Å². The van der Waals surface area contributed by atoms with Crippen LogP contribution in [0.2, 0.25) is 0 Å². The van der Waals surface area contributed by atoms with Crippen LogP contribution in [0.4, 0.5) is 0 Å². The first-order chi connectivity index (χ1) is 19.7. The number of fused-ring (bicyclic) bond motifs is 1. The molecule has 2 aromatic carbocycles. The molecule has 0 spiro atoms. The van der Waals surface area contributed by atoms with Crippen LogP contribution < -0.4 is 14.9 Å². The van der Waals surface area contributed by atoms with Gasteiger partial charge in [-0.15, -0.1) is 11.8 Å². The van der Waals surface area contributed by atoms with E-state index < -0.39 is 18.0 Å². The molecule has 0 amide bonds. The molecule has 0 bridgehead atoms. The van der Waals surface area contributed by atoms with Gasteiger partial charge in [-0.1, -0.05) is 29.5 Å². The quantitative estimate of drug-likeness (QED) is 0.224. The molecule has 3 heterocycles. The van der Waals surface area contributed by atoms with Gasteiger partial charge in [-0.25, -0.2) is 14.6 Å².